The number of aromatic nitrogens is 2. The Morgan fingerprint density at radius 3 is 2.93 bits per heavy atom. The first-order valence-corrected chi connectivity index (χ1v) is 5.59. The molecule has 4 nitrogen and oxygen atoms in total. The van der Waals surface area contributed by atoms with Crippen LogP contribution in [0, 0.1) is 12.8 Å². The summed E-state index contributed by atoms with van der Waals surface area (Å²) < 4.78 is 7.57. The van der Waals surface area contributed by atoms with E-state index >= 15 is 0 Å². The summed E-state index contributed by atoms with van der Waals surface area (Å²) in [6.07, 6.45) is 4.45. The smallest absolute Gasteiger partial charge is 0.202 e. The second-order valence-corrected chi connectivity index (χ2v) is 4.16. The van der Waals surface area contributed by atoms with Gasteiger partial charge in [-0.1, -0.05) is 0 Å². The van der Waals surface area contributed by atoms with E-state index in [0.29, 0.717) is 0 Å². The minimum Gasteiger partial charge on any atom is -0.381 e. The Balaban J connectivity index is 2.02. The van der Waals surface area contributed by atoms with Crippen molar-refractivity contribution in [2.24, 2.45) is 5.92 Å². The molecule has 0 aromatic carbocycles. The van der Waals surface area contributed by atoms with Crippen molar-refractivity contribution < 1.29 is 4.74 Å². The minimum atomic E-state index is 0.736. The summed E-state index contributed by atoms with van der Waals surface area (Å²) in [6.45, 7) is 4.90. The lowest BCUT2D eigenvalue weighted by Crippen LogP contribution is -2.20. The highest BCUT2D eigenvalue weighted by molar-refractivity contribution is 5.27. The number of nitrogens with one attached hydrogen (secondary N) is 1. The Morgan fingerprint density at radius 1 is 1.53 bits per heavy atom. The van der Waals surface area contributed by atoms with E-state index in [-0.39, 0.29) is 0 Å². The molecule has 0 radical (unpaired) electrons. The number of aryl methyl sites for hydroxylation is 1. The summed E-state index contributed by atoms with van der Waals surface area (Å²) in [5, 5.41) is 3.13. The van der Waals surface area contributed by atoms with E-state index in [1.54, 1.807) is 0 Å². The van der Waals surface area contributed by atoms with Gasteiger partial charge in [0.2, 0.25) is 5.95 Å². The van der Waals surface area contributed by atoms with Crippen molar-refractivity contribution in [2.45, 2.75) is 26.3 Å². The van der Waals surface area contributed by atoms with Crippen molar-refractivity contribution in [1.29, 1.82) is 0 Å². The average Bonchev–Trinajstić information content (AvgIpc) is 2.60. The first-order chi connectivity index (χ1) is 7.29. The molecule has 2 rings (SSSR count). The van der Waals surface area contributed by atoms with Gasteiger partial charge >= 0.3 is 0 Å². The molecule has 84 valence electrons. The van der Waals surface area contributed by atoms with E-state index in [0.717, 1.165) is 37.3 Å². The summed E-state index contributed by atoms with van der Waals surface area (Å²) in [6, 6.07) is 0. The molecule has 0 saturated carbocycles. The molecular weight excluding hydrogens is 190 g/mol. The van der Waals surface area contributed by atoms with Crippen LogP contribution in [0.4, 0.5) is 5.95 Å². The van der Waals surface area contributed by atoms with Crippen LogP contribution >= 0.6 is 0 Å². The van der Waals surface area contributed by atoms with Gasteiger partial charge in [-0.05, 0) is 25.7 Å². The molecule has 0 unspecified atom stereocenters. The zero-order chi connectivity index (χ0) is 10.7. The molecule has 15 heavy (non-hydrogen) atoms. The van der Waals surface area contributed by atoms with Gasteiger partial charge in [0.1, 0.15) is 0 Å². The SMILES string of the molecule is CNc1nc(C)cn1CC1CCOCC1. The number of rotatable bonds is 3. The molecule has 1 aliphatic rings. The van der Waals surface area contributed by atoms with Gasteiger partial charge in [0.15, 0.2) is 0 Å². The molecule has 1 aromatic heterocycles. The standard InChI is InChI=1S/C11H19N3O/c1-9-7-14(11(12-2)13-9)8-10-3-5-15-6-4-10/h7,10H,3-6,8H2,1-2H3,(H,12,13). The van der Waals surface area contributed by atoms with Crippen molar-refractivity contribution >= 4 is 5.95 Å². The monoisotopic (exact) mass is 209 g/mol. The third-order valence-electron chi connectivity index (χ3n) is 2.92. The van der Waals surface area contributed by atoms with Gasteiger partial charge in [-0.3, -0.25) is 0 Å². The van der Waals surface area contributed by atoms with Crippen LogP contribution in [0.5, 0.6) is 0 Å². The number of ether oxygens (including phenoxy) is 1. The fourth-order valence-electron chi connectivity index (χ4n) is 2.09. The summed E-state index contributed by atoms with van der Waals surface area (Å²) in [4.78, 5) is 4.42. The molecular formula is C11H19N3O. The Morgan fingerprint density at radius 2 is 2.27 bits per heavy atom. The zero-order valence-corrected chi connectivity index (χ0v) is 9.49. The van der Waals surface area contributed by atoms with Gasteiger partial charge in [-0.2, -0.15) is 0 Å². The highest BCUT2D eigenvalue weighted by Crippen LogP contribution is 2.19. The molecule has 2 heterocycles. The van der Waals surface area contributed by atoms with Gasteiger partial charge in [0, 0.05) is 33.0 Å². The van der Waals surface area contributed by atoms with Crippen LogP contribution in [-0.2, 0) is 11.3 Å². The topological polar surface area (TPSA) is 39.1 Å². The quantitative estimate of drug-likeness (QED) is 0.823. The maximum atomic E-state index is 5.36. The van der Waals surface area contributed by atoms with Crippen LogP contribution in [0.2, 0.25) is 0 Å². The van der Waals surface area contributed by atoms with E-state index in [9.17, 15) is 0 Å². The van der Waals surface area contributed by atoms with Crippen molar-refractivity contribution in [2.75, 3.05) is 25.6 Å². The van der Waals surface area contributed by atoms with E-state index in [2.05, 4.69) is 21.1 Å². The fourth-order valence-corrected chi connectivity index (χ4v) is 2.09. The molecule has 0 amide bonds. The molecule has 0 spiro atoms. The lowest BCUT2D eigenvalue weighted by Gasteiger charge is -2.22. The predicted molar refractivity (Wildman–Crippen MR) is 60.1 cm³/mol. The van der Waals surface area contributed by atoms with Crippen LogP contribution in [0.25, 0.3) is 0 Å². The van der Waals surface area contributed by atoms with Crippen molar-refractivity contribution in [3.63, 3.8) is 0 Å². The van der Waals surface area contributed by atoms with Crippen LogP contribution in [0.1, 0.15) is 18.5 Å². The van der Waals surface area contributed by atoms with Gasteiger partial charge in [-0.15, -0.1) is 0 Å². The highest BCUT2D eigenvalue weighted by Gasteiger charge is 2.15. The van der Waals surface area contributed by atoms with Gasteiger partial charge in [0.25, 0.3) is 0 Å². The van der Waals surface area contributed by atoms with E-state index < -0.39 is 0 Å². The fraction of sp³-hybridized carbons (Fsp3) is 0.727. The second-order valence-electron chi connectivity index (χ2n) is 4.16. The molecule has 0 aliphatic carbocycles. The van der Waals surface area contributed by atoms with Crippen molar-refractivity contribution in [3.05, 3.63) is 11.9 Å². The maximum absolute atomic E-state index is 5.36. The van der Waals surface area contributed by atoms with Crippen LogP contribution in [0.15, 0.2) is 6.20 Å². The van der Waals surface area contributed by atoms with Crippen LogP contribution < -0.4 is 5.32 Å². The Labute approximate surface area is 90.6 Å². The van der Waals surface area contributed by atoms with Gasteiger partial charge in [0.05, 0.1) is 5.69 Å². The molecule has 1 aliphatic heterocycles. The second kappa shape index (κ2) is 4.66. The predicted octanol–water partition coefficient (Wildman–Crippen LogP) is 1.66. The zero-order valence-electron chi connectivity index (χ0n) is 9.49. The van der Waals surface area contributed by atoms with Gasteiger partial charge in [-0.25, -0.2) is 4.98 Å². The van der Waals surface area contributed by atoms with E-state index in [4.69, 9.17) is 4.74 Å². The summed E-state index contributed by atoms with van der Waals surface area (Å²) in [5.41, 5.74) is 1.08. The minimum absolute atomic E-state index is 0.736. The number of hydrogen-bond donors (Lipinski definition) is 1. The molecule has 0 atom stereocenters. The first-order valence-electron chi connectivity index (χ1n) is 5.59. The Kier molecular flexibility index (Phi) is 3.26. The normalized spacial score (nSPS) is 18.0. The summed E-state index contributed by atoms with van der Waals surface area (Å²) in [7, 11) is 1.92. The van der Waals surface area contributed by atoms with Crippen molar-refractivity contribution in [3.8, 4) is 0 Å². The summed E-state index contributed by atoms with van der Waals surface area (Å²) >= 11 is 0. The molecule has 4 heteroatoms. The Hall–Kier alpha value is -1.03. The summed E-state index contributed by atoms with van der Waals surface area (Å²) in [5.74, 6) is 1.71. The van der Waals surface area contributed by atoms with Crippen LogP contribution in [-0.4, -0.2) is 29.8 Å². The highest BCUT2D eigenvalue weighted by atomic mass is 16.5. The maximum Gasteiger partial charge on any atom is 0.202 e. The number of imidazole rings is 1. The molecule has 1 fully saturated rings. The molecule has 0 bridgehead atoms. The average molecular weight is 209 g/mol. The number of hydrogen-bond acceptors (Lipinski definition) is 3. The number of anilines is 1. The third-order valence-corrected chi connectivity index (χ3v) is 2.92. The third kappa shape index (κ3) is 2.50. The molecule has 1 saturated heterocycles. The lowest BCUT2D eigenvalue weighted by molar-refractivity contribution is 0.0614. The van der Waals surface area contributed by atoms with E-state index in [1.165, 1.54) is 12.8 Å². The first kappa shape index (κ1) is 10.5. The molecule has 1 aromatic rings. The van der Waals surface area contributed by atoms with Gasteiger partial charge < -0.3 is 14.6 Å². The van der Waals surface area contributed by atoms with Crippen molar-refractivity contribution in [1.82, 2.24) is 9.55 Å². The Bertz CT molecular complexity index is 316. The van der Waals surface area contributed by atoms with E-state index in [1.807, 2.05) is 14.0 Å². The number of nitrogens with zero attached hydrogens (tertiary/aromatic N) is 2. The van der Waals surface area contributed by atoms with Crippen LogP contribution in [0.3, 0.4) is 0 Å². The molecule has 1 N–H and O–H groups in total. The lowest BCUT2D eigenvalue weighted by atomic mass is 10.0. The largest absolute Gasteiger partial charge is 0.381 e.